The average Bonchev–Trinajstić information content (AvgIpc) is 2.14. The van der Waals surface area contributed by atoms with Crippen LogP contribution >= 0.6 is 0 Å². The van der Waals surface area contributed by atoms with Gasteiger partial charge in [0.15, 0.2) is 0 Å². The molecule has 1 N–H and O–H groups in total. The standard InChI is InChI=1S/C10H20O6S/c1-3-4-5-6-7-15-10(11)8-9(2)16-17(12,13)14/h9H,3-8H2,1-2H3,(H,12,13,14). The van der Waals surface area contributed by atoms with Crippen molar-refractivity contribution in [2.24, 2.45) is 0 Å². The zero-order chi connectivity index (χ0) is 13.3. The van der Waals surface area contributed by atoms with E-state index in [0.29, 0.717) is 6.61 Å². The van der Waals surface area contributed by atoms with Gasteiger partial charge in [0.2, 0.25) is 0 Å². The van der Waals surface area contributed by atoms with Gasteiger partial charge in [-0.15, -0.1) is 0 Å². The molecular weight excluding hydrogens is 248 g/mol. The summed E-state index contributed by atoms with van der Waals surface area (Å²) < 4.78 is 38.1. The van der Waals surface area contributed by atoms with E-state index in [0.717, 1.165) is 25.7 Å². The van der Waals surface area contributed by atoms with Gasteiger partial charge in [-0.1, -0.05) is 26.2 Å². The lowest BCUT2D eigenvalue weighted by Gasteiger charge is -2.09. The molecule has 0 aliphatic carbocycles. The van der Waals surface area contributed by atoms with Crippen LogP contribution in [-0.4, -0.2) is 31.7 Å². The summed E-state index contributed by atoms with van der Waals surface area (Å²) >= 11 is 0. The molecule has 0 saturated carbocycles. The van der Waals surface area contributed by atoms with Gasteiger partial charge in [0.05, 0.1) is 19.1 Å². The SMILES string of the molecule is CCCCCCOC(=O)CC(C)OS(=O)(=O)O. The van der Waals surface area contributed by atoms with Gasteiger partial charge in [-0.3, -0.25) is 9.35 Å². The van der Waals surface area contributed by atoms with Crippen LogP contribution in [0.4, 0.5) is 0 Å². The number of ether oxygens (including phenoxy) is 1. The number of hydrogen-bond acceptors (Lipinski definition) is 5. The van der Waals surface area contributed by atoms with E-state index in [-0.39, 0.29) is 6.42 Å². The average molecular weight is 268 g/mol. The van der Waals surface area contributed by atoms with E-state index in [4.69, 9.17) is 9.29 Å². The lowest BCUT2D eigenvalue weighted by molar-refractivity contribution is -0.145. The molecule has 0 spiro atoms. The van der Waals surface area contributed by atoms with Gasteiger partial charge in [0.25, 0.3) is 0 Å². The van der Waals surface area contributed by atoms with E-state index >= 15 is 0 Å². The van der Waals surface area contributed by atoms with Crippen molar-refractivity contribution in [3.8, 4) is 0 Å². The summed E-state index contributed by atoms with van der Waals surface area (Å²) in [5.74, 6) is -0.530. The van der Waals surface area contributed by atoms with Crippen molar-refractivity contribution in [2.75, 3.05) is 6.61 Å². The highest BCUT2D eigenvalue weighted by Crippen LogP contribution is 2.04. The van der Waals surface area contributed by atoms with E-state index < -0.39 is 22.5 Å². The van der Waals surface area contributed by atoms with Crippen molar-refractivity contribution in [3.63, 3.8) is 0 Å². The fourth-order valence-corrected chi connectivity index (χ4v) is 1.73. The number of rotatable bonds is 9. The van der Waals surface area contributed by atoms with Gasteiger partial charge in [-0.25, -0.2) is 4.18 Å². The molecule has 1 unspecified atom stereocenters. The molecule has 0 bridgehead atoms. The Balaban J connectivity index is 3.65. The molecule has 0 saturated heterocycles. The normalized spacial score (nSPS) is 13.4. The molecule has 0 aromatic carbocycles. The molecule has 0 aromatic rings. The van der Waals surface area contributed by atoms with Crippen LogP contribution in [0.2, 0.25) is 0 Å². The minimum Gasteiger partial charge on any atom is -0.466 e. The summed E-state index contributed by atoms with van der Waals surface area (Å²) in [6, 6.07) is 0. The first-order chi connectivity index (χ1) is 7.85. The summed E-state index contributed by atoms with van der Waals surface area (Å²) in [7, 11) is -4.51. The molecule has 7 heteroatoms. The number of unbranched alkanes of at least 4 members (excludes halogenated alkanes) is 3. The maximum atomic E-state index is 11.2. The summed E-state index contributed by atoms with van der Waals surface area (Å²) in [5.41, 5.74) is 0. The molecule has 0 rings (SSSR count). The minimum atomic E-state index is -4.51. The Labute approximate surface area is 102 Å². The molecule has 6 nitrogen and oxygen atoms in total. The summed E-state index contributed by atoms with van der Waals surface area (Å²) in [6.07, 6.45) is 2.88. The lowest BCUT2D eigenvalue weighted by Crippen LogP contribution is -2.20. The van der Waals surface area contributed by atoms with Crippen LogP contribution in [0.5, 0.6) is 0 Å². The highest BCUT2D eigenvalue weighted by Gasteiger charge is 2.16. The van der Waals surface area contributed by atoms with Gasteiger partial charge in [0.1, 0.15) is 0 Å². The fraction of sp³-hybridized carbons (Fsp3) is 0.900. The molecule has 102 valence electrons. The maximum absolute atomic E-state index is 11.2. The topological polar surface area (TPSA) is 89.9 Å². The van der Waals surface area contributed by atoms with Crippen molar-refractivity contribution in [2.45, 2.75) is 52.1 Å². The fourth-order valence-electron chi connectivity index (χ4n) is 1.25. The zero-order valence-corrected chi connectivity index (χ0v) is 11.0. The van der Waals surface area contributed by atoms with Gasteiger partial charge >= 0.3 is 16.4 Å². The Hall–Kier alpha value is -0.660. The Bertz CT molecular complexity index is 311. The van der Waals surface area contributed by atoms with Crippen LogP contribution in [0.15, 0.2) is 0 Å². The smallest absolute Gasteiger partial charge is 0.397 e. The molecule has 0 amide bonds. The quantitative estimate of drug-likeness (QED) is 0.389. The van der Waals surface area contributed by atoms with Crippen molar-refractivity contribution in [1.29, 1.82) is 0 Å². The van der Waals surface area contributed by atoms with Crippen molar-refractivity contribution in [3.05, 3.63) is 0 Å². The van der Waals surface area contributed by atoms with Crippen molar-refractivity contribution in [1.82, 2.24) is 0 Å². The van der Waals surface area contributed by atoms with Crippen LogP contribution in [0.1, 0.15) is 46.0 Å². The van der Waals surface area contributed by atoms with Crippen molar-refractivity contribution >= 4 is 16.4 Å². The third-order valence-electron chi connectivity index (χ3n) is 2.00. The number of hydrogen-bond donors (Lipinski definition) is 1. The summed E-state index contributed by atoms with van der Waals surface area (Å²) in [4.78, 5) is 11.2. The molecular formula is C10H20O6S. The second kappa shape index (κ2) is 8.43. The highest BCUT2D eigenvalue weighted by molar-refractivity contribution is 7.80. The predicted octanol–water partition coefficient (Wildman–Crippen LogP) is 1.71. The second-order valence-electron chi connectivity index (χ2n) is 3.82. The summed E-state index contributed by atoms with van der Waals surface area (Å²) in [6.45, 7) is 3.78. The molecule has 0 aromatic heterocycles. The van der Waals surface area contributed by atoms with Gasteiger partial charge in [-0.2, -0.15) is 8.42 Å². The molecule has 0 heterocycles. The van der Waals surface area contributed by atoms with E-state index in [9.17, 15) is 13.2 Å². The number of esters is 1. The zero-order valence-electron chi connectivity index (χ0n) is 10.2. The summed E-state index contributed by atoms with van der Waals surface area (Å²) in [5, 5.41) is 0. The Kier molecular flexibility index (Phi) is 8.11. The molecule has 0 radical (unpaired) electrons. The Morgan fingerprint density at radius 3 is 2.47 bits per heavy atom. The molecule has 0 aliphatic rings. The molecule has 1 atom stereocenters. The monoisotopic (exact) mass is 268 g/mol. The van der Waals surface area contributed by atoms with Crippen molar-refractivity contribution < 1.29 is 26.7 Å². The largest absolute Gasteiger partial charge is 0.466 e. The van der Waals surface area contributed by atoms with Crippen LogP contribution < -0.4 is 0 Å². The first kappa shape index (κ1) is 16.3. The third kappa shape index (κ3) is 11.6. The van der Waals surface area contributed by atoms with Gasteiger partial charge in [-0.05, 0) is 13.3 Å². The lowest BCUT2D eigenvalue weighted by atomic mass is 10.2. The maximum Gasteiger partial charge on any atom is 0.397 e. The number of carbonyl (C=O) groups excluding carboxylic acids is 1. The first-order valence-corrected chi connectivity index (χ1v) is 7.03. The number of carbonyl (C=O) groups is 1. The van der Waals surface area contributed by atoms with E-state index in [1.165, 1.54) is 6.92 Å². The minimum absolute atomic E-state index is 0.201. The van der Waals surface area contributed by atoms with E-state index in [2.05, 4.69) is 11.1 Å². The molecule has 0 fully saturated rings. The molecule has 17 heavy (non-hydrogen) atoms. The first-order valence-electron chi connectivity index (χ1n) is 5.66. The van der Waals surface area contributed by atoms with E-state index in [1.807, 2.05) is 0 Å². The Morgan fingerprint density at radius 2 is 1.94 bits per heavy atom. The Morgan fingerprint density at radius 1 is 1.29 bits per heavy atom. The van der Waals surface area contributed by atoms with Crippen LogP contribution in [0, 0.1) is 0 Å². The predicted molar refractivity (Wildman–Crippen MR) is 61.8 cm³/mol. The second-order valence-corrected chi connectivity index (χ2v) is 4.87. The van der Waals surface area contributed by atoms with E-state index in [1.54, 1.807) is 0 Å². The van der Waals surface area contributed by atoms with Gasteiger partial charge in [0, 0.05) is 0 Å². The van der Waals surface area contributed by atoms with Gasteiger partial charge < -0.3 is 4.74 Å². The van der Waals surface area contributed by atoms with Crippen LogP contribution in [-0.2, 0) is 24.1 Å². The highest BCUT2D eigenvalue weighted by atomic mass is 32.3. The molecule has 0 aliphatic heterocycles. The van der Waals surface area contributed by atoms with Crippen LogP contribution in [0.25, 0.3) is 0 Å². The third-order valence-corrected chi connectivity index (χ3v) is 2.57. The van der Waals surface area contributed by atoms with Crippen LogP contribution in [0.3, 0.4) is 0 Å².